The molecule has 2 heterocycles. The number of phenols is 1. The summed E-state index contributed by atoms with van der Waals surface area (Å²) in [5, 5.41) is 26.9. The lowest BCUT2D eigenvalue weighted by Crippen LogP contribution is -2.20. The van der Waals surface area contributed by atoms with Crippen molar-refractivity contribution in [2.45, 2.75) is 12.8 Å². The molecule has 0 saturated heterocycles. The zero-order valence-corrected chi connectivity index (χ0v) is 15.1. The van der Waals surface area contributed by atoms with Crippen LogP contribution in [0.25, 0.3) is 11.3 Å². The summed E-state index contributed by atoms with van der Waals surface area (Å²) in [5.74, 6) is 0.616. The molecule has 28 heavy (non-hydrogen) atoms. The maximum atomic E-state index is 9.95. The molecule has 3 aromatic rings. The zero-order valence-electron chi connectivity index (χ0n) is 15.1. The van der Waals surface area contributed by atoms with Gasteiger partial charge in [0, 0.05) is 5.56 Å². The number of nitriles is 1. The fourth-order valence-electron chi connectivity index (χ4n) is 3.41. The van der Waals surface area contributed by atoms with Gasteiger partial charge in [-0.25, -0.2) is 0 Å². The highest BCUT2D eigenvalue weighted by atomic mass is 16.5. The van der Waals surface area contributed by atoms with E-state index < -0.39 is 5.92 Å². The molecule has 0 aliphatic carbocycles. The number of nitrogens with two attached hydrogens (primary N) is 1. The lowest BCUT2D eigenvalue weighted by Gasteiger charge is -2.24. The third kappa shape index (κ3) is 2.91. The van der Waals surface area contributed by atoms with Crippen molar-refractivity contribution in [2.75, 3.05) is 6.61 Å². The second kappa shape index (κ2) is 7.00. The molecule has 1 aliphatic rings. The fraction of sp³-hybridized carbons (Fsp3) is 0.143. The molecule has 1 aromatic heterocycles. The van der Waals surface area contributed by atoms with E-state index in [-0.39, 0.29) is 17.2 Å². The SMILES string of the molecule is CCOc1cccc(-c2[nH]nc3c2C(c2cccc(O)c2)C(C#N)=C(N)O3)c1. The summed E-state index contributed by atoms with van der Waals surface area (Å²) >= 11 is 0. The van der Waals surface area contributed by atoms with Crippen molar-refractivity contribution < 1.29 is 14.6 Å². The lowest BCUT2D eigenvalue weighted by atomic mass is 9.83. The predicted octanol–water partition coefficient (Wildman–Crippen LogP) is 3.40. The molecule has 0 bridgehead atoms. The number of nitrogens with zero attached hydrogens (tertiary/aromatic N) is 2. The number of aromatic amines is 1. The molecule has 1 unspecified atom stereocenters. The Morgan fingerprint density at radius 2 is 2.11 bits per heavy atom. The quantitative estimate of drug-likeness (QED) is 0.644. The Morgan fingerprint density at radius 1 is 1.29 bits per heavy atom. The van der Waals surface area contributed by atoms with Crippen LogP contribution in [-0.4, -0.2) is 21.9 Å². The molecule has 1 aliphatic heterocycles. The van der Waals surface area contributed by atoms with E-state index in [9.17, 15) is 10.4 Å². The number of fused-ring (bicyclic) bond motifs is 1. The molecule has 0 spiro atoms. The standard InChI is InChI=1S/C21H18N4O3/c1-2-27-15-8-4-6-13(10-15)19-18-17(12-5-3-7-14(26)9-12)16(11-22)20(23)28-21(18)25-24-19/h3-10,17,26H,2,23H2,1H3,(H,24,25). The van der Waals surface area contributed by atoms with Crippen molar-refractivity contribution in [3.8, 4) is 34.7 Å². The van der Waals surface area contributed by atoms with Gasteiger partial charge in [-0.1, -0.05) is 24.3 Å². The van der Waals surface area contributed by atoms with Gasteiger partial charge >= 0.3 is 0 Å². The summed E-state index contributed by atoms with van der Waals surface area (Å²) in [7, 11) is 0. The molecule has 0 radical (unpaired) electrons. The van der Waals surface area contributed by atoms with Crippen molar-refractivity contribution in [3.63, 3.8) is 0 Å². The summed E-state index contributed by atoms with van der Waals surface area (Å²) in [6, 6.07) is 16.5. The predicted molar refractivity (Wildman–Crippen MR) is 103 cm³/mol. The van der Waals surface area contributed by atoms with Crippen LogP contribution in [-0.2, 0) is 0 Å². The number of H-pyrrole nitrogens is 1. The van der Waals surface area contributed by atoms with Gasteiger partial charge in [-0.15, -0.1) is 5.10 Å². The molecule has 7 heteroatoms. The highest BCUT2D eigenvalue weighted by Gasteiger charge is 2.35. The smallest absolute Gasteiger partial charge is 0.244 e. The second-order valence-electron chi connectivity index (χ2n) is 6.30. The minimum Gasteiger partial charge on any atom is -0.508 e. The maximum absolute atomic E-state index is 9.95. The Bertz CT molecular complexity index is 1110. The monoisotopic (exact) mass is 374 g/mol. The van der Waals surface area contributed by atoms with E-state index >= 15 is 0 Å². The molecule has 2 aromatic carbocycles. The van der Waals surface area contributed by atoms with Crippen LogP contribution in [0.15, 0.2) is 60.0 Å². The second-order valence-corrected chi connectivity index (χ2v) is 6.30. The summed E-state index contributed by atoms with van der Waals surface area (Å²) < 4.78 is 11.2. The number of allylic oxidation sites excluding steroid dienone is 1. The van der Waals surface area contributed by atoms with Crippen LogP contribution in [0.1, 0.15) is 24.0 Å². The van der Waals surface area contributed by atoms with Gasteiger partial charge in [0.25, 0.3) is 0 Å². The Labute approximate surface area is 161 Å². The highest BCUT2D eigenvalue weighted by molar-refractivity contribution is 5.71. The minimum atomic E-state index is -0.523. The van der Waals surface area contributed by atoms with Crippen LogP contribution in [0.3, 0.4) is 0 Å². The van der Waals surface area contributed by atoms with Gasteiger partial charge in [0.15, 0.2) is 0 Å². The minimum absolute atomic E-state index is 0.00413. The number of benzene rings is 2. The van der Waals surface area contributed by atoms with Gasteiger partial charge < -0.3 is 20.3 Å². The number of phenolic OH excluding ortho intramolecular Hbond substituents is 1. The number of ether oxygens (including phenoxy) is 2. The Morgan fingerprint density at radius 3 is 2.86 bits per heavy atom. The average molecular weight is 374 g/mol. The number of nitrogens with one attached hydrogen (secondary N) is 1. The number of aromatic nitrogens is 2. The molecule has 140 valence electrons. The van der Waals surface area contributed by atoms with Gasteiger partial charge in [-0.3, -0.25) is 5.10 Å². The normalized spacial score (nSPS) is 15.5. The van der Waals surface area contributed by atoms with Crippen molar-refractivity contribution in [2.24, 2.45) is 5.73 Å². The van der Waals surface area contributed by atoms with E-state index in [0.29, 0.717) is 29.3 Å². The van der Waals surface area contributed by atoms with Gasteiger partial charge in [0.2, 0.25) is 11.8 Å². The molecule has 1 atom stereocenters. The van der Waals surface area contributed by atoms with Gasteiger partial charge in [0.05, 0.1) is 23.8 Å². The number of rotatable bonds is 4. The van der Waals surface area contributed by atoms with E-state index in [1.165, 1.54) is 0 Å². The van der Waals surface area contributed by atoms with E-state index in [2.05, 4.69) is 16.3 Å². The molecule has 4 N–H and O–H groups in total. The molecule has 0 fully saturated rings. The van der Waals surface area contributed by atoms with Crippen molar-refractivity contribution >= 4 is 0 Å². The van der Waals surface area contributed by atoms with Crippen LogP contribution >= 0.6 is 0 Å². The fourth-order valence-corrected chi connectivity index (χ4v) is 3.41. The van der Waals surface area contributed by atoms with Crippen LogP contribution < -0.4 is 15.2 Å². The Balaban J connectivity index is 1.91. The molecule has 0 amide bonds. The first kappa shape index (κ1) is 17.5. The van der Waals surface area contributed by atoms with Crippen LogP contribution in [0.5, 0.6) is 17.4 Å². The lowest BCUT2D eigenvalue weighted by molar-refractivity contribution is 0.340. The van der Waals surface area contributed by atoms with Crippen molar-refractivity contribution in [1.82, 2.24) is 10.2 Å². The van der Waals surface area contributed by atoms with E-state index in [0.717, 1.165) is 11.3 Å². The first-order chi connectivity index (χ1) is 13.6. The number of hydrogen-bond donors (Lipinski definition) is 3. The van der Waals surface area contributed by atoms with Gasteiger partial charge in [0.1, 0.15) is 23.1 Å². The zero-order chi connectivity index (χ0) is 19.7. The van der Waals surface area contributed by atoms with E-state index in [1.54, 1.807) is 18.2 Å². The molecular formula is C21H18N4O3. The first-order valence-electron chi connectivity index (χ1n) is 8.80. The van der Waals surface area contributed by atoms with Gasteiger partial charge in [-0.2, -0.15) is 5.26 Å². The van der Waals surface area contributed by atoms with E-state index in [4.69, 9.17) is 15.2 Å². The third-order valence-electron chi connectivity index (χ3n) is 4.58. The van der Waals surface area contributed by atoms with E-state index in [1.807, 2.05) is 37.3 Å². The summed E-state index contributed by atoms with van der Waals surface area (Å²) in [5.41, 5.74) is 9.18. The highest BCUT2D eigenvalue weighted by Crippen LogP contribution is 2.46. The summed E-state index contributed by atoms with van der Waals surface area (Å²) in [4.78, 5) is 0. The molecule has 0 saturated carbocycles. The maximum Gasteiger partial charge on any atom is 0.244 e. The van der Waals surface area contributed by atoms with Crippen LogP contribution in [0, 0.1) is 11.3 Å². The van der Waals surface area contributed by atoms with Crippen molar-refractivity contribution in [1.29, 1.82) is 5.26 Å². The summed E-state index contributed by atoms with van der Waals surface area (Å²) in [6.07, 6.45) is 0. The topological polar surface area (TPSA) is 117 Å². The molecule has 7 nitrogen and oxygen atoms in total. The average Bonchev–Trinajstić information content (AvgIpc) is 3.10. The first-order valence-corrected chi connectivity index (χ1v) is 8.80. The third-order valence-corrected chi connectivity index (χ3v) is 4.58. The van der Waals surface area contributed by atoms with Crippen molar-refractivity contribution in [3.05, 3.63) is 71.1 Å². The van der Waals surface area contributed by atoms with Crippen LogP contribution in [0.4, 0.5) is 0 Å². The number of aromatic hydroxyl groups is 1. The van der Waals surface area contributed by atoms with Gasteiger partial charge in [-0.05, 0) is 36.8 Å². The Kier molecular flexibility index (Phi) is 4.38. The number of hydrogen-bond acceptors (Lipinski definition) is 6. The Hall–Kier alpha value is -3.92. The van der Waals surface area contributed by atoms with Crippen LogP contribution in [0.2, 0.25) is 0 Å². The molecular weight excluding hydrogens is 356 g/mol. The molecule has 4 rings (SSSR count). The summed E-state index contributed by atoms with van der Waals surface area (Å²) in [6.45, 7) is 2.47. The largest absolute Gasteiger partial charge is 0.508 e.